The van der Waals surface area contributed by atoms with Crippen LogP contribution in [0.25, 0.3) is 0 Å². The van der Waals surface area contributed by atoms with E-state index in [4.69, 9.17) is 9.73 Å². The molecule has 0 aromatic rings. The van der Waals surface area contributed by atoms with Gasteiger partial charge in [0.15, 0.2) is 5.17 Å². The molecule has 2 unspecified atom stereocenters. The first-order valence-corrected chi connectivity index (χ1v) is 7.08. The molecule has 2 atom stereocenters. The first-order valence-electron chi connectivity index (χ1n) is 6.09. The molecule has 0 fully saturated rings. The molecule has 0 radical (unpaired) electrons. The fraction of sp³-hybridized carbons (Fsp3) is 0.917. The fourth-order valence-electron chi connectivity index (χ4n) is 1.67. The van der Waals surface area contributed by atoms with Crippen LogP contribution in [0, 0.1) is 5.92 Å². The van der Waals surface area contributed by atoms with E-state index in [-0.39, 0.29) is 0 Å². The van der Waals surface area contributed by atoms with Crippen molar-refractivity contribution in [2.45, 2.75) is 45.7 Å². The van der Waals surface area contributed by atoms with Gasteiger partial charge in [0.25, 0.3) is 0 Å². The Morgan fingerprint density at radius 3 is 2.88 bits per heavy atom. The van der Waals surface area contributed by atoms with Gasteiger partial charge in [-0.2, -0.15) is 0 Å². The third kappa shape index (κ3) is 4.74. The maximum atomic E-state index is 5.07. The fourth-order valence-corrected chi connectivity index (χ4v) is 2.71. The molecule has 1 aliphatic rings. The number of hydrogen-bond donors (Lipinski definition) is 1. The van der Waals surface area contributed by atoms with Crippen LogP contribution >= 0.6 is 11.8 Å². The summed E-state index contributed by atoms with van der Waals surface area (Å²) < 4.78 is 5.07. The Kier molecular flexibility index (Phi) is 6.21. The van der Waals surface area contributed by atoms with Crippen LogP contribution in [0.1, 0.15) is 33.6 Å². The van der Waals surface area contributed by atoms with Gasteiger partial charge in [0.05, 0.1) is 6.04 Å². The molecular weight excluding hydrogens is 220 g/mol. The molecule has 4 heteroatoms. The second-order valence-corrected chi connectivity index (χ2v) is 5.79. The minimum atomic E-state index is 0.442. The van der Waals surface area contributed by atoms with Crippen LogP contribution in [0.2, 0.25) is 0 Å². The molecule has 0 spiro atoms. The SMILES string of the molecule is COCCC(C)NC1=NC(C(C)C)CCS1. The van der Waals surface area contributed by atoms with Gasteiger partial charge in [-0.05, 0) is 25.7 Å². The van der Waals surface area contributed by atoms with Gasteiger partial charge in [0, 0.05) is 25.5 Å². The van der Waals surface area contributed by atoms with Crippen LogP contribution in [-0.2, 0) is 4.74 Å². The van der Waals surface area contributed by atoms with Crippen molar-refractivity contribution in [2.24, 2.45) is 10.9 Å². The summed E-state index contributed by atoms with van der Waals surface area (Å²) in [7, 11) is 1.74. The summed E-state index contributed by atoms with van der Waals surface area (Å²) in [5.41, 5.74) is 0. The van der Waals surface area contributed by atoms with Gasteiger partial charge in [-0.3, -0.25) is 4.99 Å². The van der Waals surface area contributed by atoms with Crippen LogP contribution in [-0.4, -0.2) is 36.7 Å². The Labute approximate surface area is 103 Å². The number of amidine groups is 1. The van der Waals surface area contributed by atoms with Gasteiger partial charge < -0.3 is 10.1 Å². The lowest BCUT2D eigenvalue weighted by molar-refractivity contribution is 0.187. The number of hydrogen-bond acceptors (Lipinski definition) is 4. The van der Waals surface area contributed by atoms with E-state index < -0.39 is 0 Å². The summed E-state index contributed by atoms with van der Waals surface area (Å²) >= 11 is 1.84. The van der Waals surface area contributed by atoms with Gasteiger partial charge >= 0.3 is 0 Å². The number of nitrogens with zero attached hydrogens (tertiary/aromatic N) is 1. The average molecular weight is 244 g/mol. The Morgan fingerprint density at radius 1 is 1.50 bits per heavy atom. The lowest BCUT2D eigenvalue weighted by Gasteiger charge is -2.25. The molecule has 1 aliphatic heterocycles. The van der Waals surface area contributed by atoms with Crippen molar-refractivity contribution in [3.05, 3.63) is 0 Å². The Morgan fingerprint density at radius 2 is 2.25 bits per heavy atom. The number of ether oxygens (including phenoxy) is 1. The first-order chi connectivity index (χ1) is 7.63. The van der Waals surface area contributed by atoms with Crippen molar-refractivity contribution in [2.75, 3.05) is 19.5 Å². The smallest absolute Gasteiger partial charge is 0.157 e. The van der Waals surface area contributed by atoms with Crippen molar-refractivity contribution in [1.29, 1.82) is 0 Å². The Bertz CT molecular complexity index is 231. The molecule has 3 nitrogen and oxygen atoms in total. The van der Waals surface area contributed by atoms with Crippen LogP contribution < -0.4 is 5.32 Å². The van der Waals surface area contributed by atoms with Crippen molar-refractivity contribution in [3.8, 4) is 0 Å². The summed E-state index contributed by atoms with van der Waals surface area (Å²) in [6.45, 7) is 7.48. The monoisotopic (exact) mass is 244 g/mol. The summed E-state index contributed by atoms with van der Waals surface area (Å²) in [5, 5.41) is 4.59. The summed E-state index contributed by atoms with van der Waals surface area (Å²) in [4.78, 5) is 4.76. The van der Waals surface area contributed by atoms with Gasteiger partial charge in [0.1, 0.15) is 0 Å². The molecule has 0 bridgehead atoms. The zero-order valence-electron chi connectivity index (χ0n) is 10.8. The van der Waals surface area contributed by atoms with Gasteiger partial charge in [-0.25, -0.2) is 0 Å². The number of nitrogens with one attached hydrogen (secondary N) is 1. The molecule has 94 valence electrons. The second-order valence-electron chi connectivity index (χ2n) is 4.71. The zero-order valence-corrected chi connectivity index (χ0v) is 11.6. The average Bonchev–Trinajstić information content (AvgIpc) is 2.26. The summed E-state index contributed by atoms with van der Waals surface area (Å²) in [5.74, 6) is 1.83. The highest BCUT2D eigenvalue weighted by Crippen LogP contribution is 2.21. The molecule has 1 heterocycles. The van der Waals surface area contributed by atoms with E-state index in [1.165, 1.54) is 12.2 Å². The lowest BCUT2D eigenvalue weighted by Crippen LogP contribution is -2.35. The number of aliphatic imine (C=N–C) groups is 1. The summed E-state index contributed by atoms with van der Waals surface area (Å²) in [6, 6.07) is 0.940. The molecule has 0 amide bonds. The minimum Gasteiger partial charge on any atom is -0.385 e. The Balaban J connectivity index is 2.40. The van der Waals surface area contributed by atoms with E-state index in [1.54, 1.807) is 7.11 Å². The maximum Gasteiger partial charge on any atom is 0.157 e. The number of methoxy groups -OCH3 is 1. The molecule has 1 N–H and O–H groups in total. The van der Waals surface area contributed by atoms with Crippen LogP contribution in [0.15, 0.2) is 4.99 Å². The molecule has 0 saturated carbocycles. The highest BCUT2D eigenvalue weighted by atomic mass is 32.2. The standard InChI is InChI=1S/C12H24N2OS/c1-9(2)11-6-8-16-12(14-11)13-10(3)5-7-15-4/h9-11H,5-8H2,1-4H3,(H,13,14). The van der Waals surface area contributed by atoms with Gasteiger partial charge in [0.2, 0.25) is 0 Å². The lowest BCUT2D eigenvalue weighted by atomic mass is 10.0. The van der Waals surface area contributed by atoms with Crippen molar-refractivity contribution in [1.82, 2.24) is 5.32 Å². The van der Waals surface area contributed by atoms with E-state index in [0.717, 1.165) is 18.2 Å². The summed E-state index contributed by atoms with van der Waals surface area (Å²) in [6.07, 6.45) is 2.24. The second kappa shape index (κ2) is 7.17. The molecule has 0 aliphatic carbocycles. The van der Waals surface area contributed by atoms with E-state index in [9.17, 15) is 0 Å². The zero-order chi connectivity index (χ0) is 12.0. The van der Waals surface area contributed by atoms with E-state index >= 15 is 0 Å². The van der Waals surface area contributed by atoms with Crippen LogP contribution in [0.5, 0.6) is 0 Å². The van der Waals surface area contributed by atoms with Crippen molar-refractivity contribution < 1.29 is 4.74 Å². The molecule has 1 rings (SSSR count). The number of rotatable bonds is 5. The number of thioether (sulfide) groups is 1. The van der Waals surface area contributed by atoms with E-state index in [0.29, 0.717) is 18.0 Å². The third-order valence-electron chi connectivity index (χ3n) is 2.83. The quantitative estimate of drug-likeness (QED) is 0.807. The molecule has 0 saturated heterocycles. The highest BCUT2D eigenvalue weighted by Gasteiger charge is 2.19. The van der Waals surface area contributed by atoms with Crippen molar-refractivity contribution in [3.63, 3.8) is 0 Å². The van der Waals surface area contributed by atoms with Gasteiger partial charge in [-0.1, -0.05) is 25.6 Å². The van der Waals surface area contributed by atoms with Crippen LogP contribution in [0.4, 0.5) is 0 Å². The van der Waals surface area contributed by atoms with Crippen molar-refractivity contribution >= 4 is 16.9 Å². The third-order valence-corrected chi connectivity index (χ3v) is 3.77. The predicted octanol–water partition coefficient (Wildman–Crippen LogP) is 2.52. The maximum absolute atomic E-state index is 5.07. The van der Waals surface area contributed by atoms with Gasteiger partial charge in [-0.15, -0.1) is 0 Å². The normalized spacial score (nSPS) is 23.1. The van der Waals surface area contributed by atoms with Crippen LogP contribution in [0.3, 0.4) is 0 Å². The van der Waals surface area contributed by atoms with E-state index in [2.05, 4.69) is 26.1 Å². The largest absolute Gasteiger partial charge is 0.385 e. The molecular formula is C12H24N2OS. The molecule has 0 aromatic carbocycles. The van der Waals surface area contributed by atoms with E-state index in [1.807, 2.05) is 11.8 Å². The first kappa shape index (κ1) is 13.8. The predicted molar refractivity (Wildman–Crippen MR) is 72.2 cm³/mol. The minimum absolute atomic E-state index is 0.442. The highest BCUT2D eigenvalue weighted by molar-refractivity contribution is 8.13. The molecule has 16 heavy (non-hydrogen) atoms. The molecule has 0 aromatic heterocycles. The Hall–Kier alpha value is -0.220. The topological polar surface area (TPSA) is 33.6 Å².